The van der Waals surface area contributed by atoms with E-state index in [0.717, 1.165) is 22.2 Å². The molecule has 0 bridgehead atoms. The molecule has 8 nitrogen and oxygen atoms in total. The van der Waals surface area contributed by atoms with Crippen molar-refractivity contribution >= 4 is 34.4 Å². The Morgan fingerprint density at radius 3 is 2.83 bits per heavy atom. The fraction of sp³-hybridized carbons (Fsp3) is 0.143. The number of nitrogens with one attached hydrogen (secondary N) is 2. The van der Waals surface area contributed by atoms with Gasteiger partial charge in [0, 0.05) is 18.1 Å². The van der Waals surface area contributed by atoms with E-state index in [-0.39, 0.29) is 5.82 Å². The molecule has 0 unspecified atom stereocenters. The molecule has 4 aromatic rings. The molecule has 2 aromatic heterocycles. The molecule has 0 aliphatic rings. The number of benzene rings is 2. The van der Waals surface area contributed by atoms with Gasteiger partial charge in [0.2, 0.25) is 0 Å². The molecule has 30 heavy (non-hydrogen) atoms. The van der Waals surface area contributed by atoms with Crippen molar-refractivity contribution in [3.63, 3.8) is 0 Å². The third-order valence-corrected chi connectivity index (χ3v) is 4.53. The monoisotopic (exact) mass is 405 g/mol. The van der Waals surface area contributed by atoms with Gasteiger partial charge in [-0.2, -0.15) is 5.10 Å². The average Bonchev–Trinajstić information content (AvgIpc) is 3.14. The smallest absolute Gasteiger partial charge is 0.144 e. The third kappa shape index (κ3) is 4.04. The fourth-order valence-electron chi connectivity index (χ4n) is 3.16. The van der Waals surface area contributed by atoms with Gasteiger partial charge in [-0.3, -0.25) is 4.68 Å². The van der Waals surface area contributed by atoms with Crippen LogP contribution in [-0.4, -0.2) is 40.1 Å². The first kappa shape index (κ1) is 19.3. The number of anilines is 3. The molecule has 2 aromatic carbocycles. The molecule has 0 atom stereocenters. The maximum atomic E-state index is 13.5. The summed E-state index contributed by atoms with van der Waals surface area (Å²) in [6, 6.07) is 12.4. The van der Waals surface area contributed by atoms with E-state index in [0.29, 0.717) is 23.7 Å². The van der Waals surface area contributed by atoms with Crippen molar-refractivity contribution in [2.75, 3.05) is 24.8 Å². The topological polar surface area (TPSA) is 89.2 Å². The number of fused-ring (bicyclic) bond motifs is 1. The van der Waals surface area contributed by atoms with E-state index in [4.69, 9.17) is 4.84 Å². The van der Waals surface area contributed by atoms with Crippen LogP contribution in [0.5, 0.6) is 0 Å². The molecule has 0 radical (unpaired) electrons. The number of halogens is 1. The molecule has 152 valence electrons. The van der Waals surface area contributed by atoms with E-state index < -0.39 is 0 Å². The van der Waals surface area contributed by atoms with Crippen LogP contribution in [0.25, 0.3) is 10.9 Å². The van der Waals surface area contributed by atoms with Crippen LogP contribution in [0.3, 0.4) is 0 Å². The van der Waals surface area contributed by atoms with Gasteiger partial charge >= 0.3 is 0 Å². The molecule has 0 amide bonds. The Kier molecular flexibility index (Phi) is 5.51. The summed E-state index contributed by atoms with van der Waals surface area (Å²) in [4.78, 5) is 13.3. The molecule has 9 heteroatoms. The van der Waals surface area contributed by atoms with Gasteiger partial charge in [0.1, 0.15) is 30.9 Å². The zero-order valence-corrected chi connectivity index (χ0v) is 16.5. The van der Waals surface area contributed by atoms with E-state index in [1.54, 1.807) is 25.5 Å². The lowest BCUT2D eigenvalue weighted by atomic mass is 10.2. The zero-order chi connectivity index (χ0) is 20.9. The molecule has 0 aliphatic carbocycles. The summed E-state index contributed by atoms with van der Waals surface area (Å²) in [6.07, 6.45) is 4.80. The summed E-state index contributed by atoms with van der Waals surface area (Å²) >= 11 is 0. The van der Waals surface area contributed by atoms with Crippen molar-refractivity contribution in [2.24, 2.45) is 5.16 Å². The summed E-state index contributed by atoms with van der Waals surface area (Å²) in [5.74, 6) is 0.952. The largest absolute Gasteiger partial charge is 0.399 e. The third-order valence-electron chi connectivity index (χ3n) is 4.53. The average molecular weight is 405 g/mol. The second kappa shape index (κ2) is 8.56. The molecule has 0 fully saturated rings. The van der Waals surface area contributed by atoms with Gasteiger partial charge in [-0.05, 0) is 35.9 Å². The van der Waals surface area contributed by atoms with Gasteiger partial charge in [0.15, 0.2) is 0 Å². The van der Waals surface area contributed by atoms with Crippen molar-refractivity contribution in [2.45, 2.75) is 6.54 Å². The molecule has 0 saturated carbocycles. The van der Waals surface area contributed by atoms with E-state index in [2.05, 4.69) is 30.9 Å². The highest BCUT2D eigenvalue weighted by atomic mass is 19.1. The first-order valence-corrected chi connectivity index (χ1v) is 9.24. The second-order valence-corrected chi connectivity index (χ2v) is 6.48. The normalized spacial score (nSPS) is 11.2. The Morgan fingerprint density at radius 2 is 2.03 bits per heavy atom. The molecule has 0 spiro atoms. The summed E-state index contributed by atoms with van der Waals surface area (Å²) < 4.78 is 15.3. The van der Waals surface area contributed by atoms with E-state index in [9.17, 15) is 4.39 Å². The Morgan fingerprint density at radius 1 is 1.17 bits per heavy atom. The van der Waals surface area contributed by atoms with E-state index in [1.165, 1.54) is 25.6 Å². The molecule has 0 saturated heterocycles. The minimum atomic E-state index is -0.256. The molecular weight excluding hydrogens is 385 g/mol. The van der Waals surface area contributed by atoms with Crippen LogP contribution in [0, 0.1) is 5.82 Å². The highest BCUT2D eigenvalue weighted by Crippen LogP contribution is 2.25. The summed E-state index contributed by atoms with van der Waals surface area (Å²) in [6.45, 7) is 0.489. The van der Waals surface area contributed by atoms with Crippen LogP contribution >= 0.6 is 0 Å². The molecular formula is C21H20FN7O. The van der Waals surface area contributed by atoms with E-state index >= 15 is 0 Å². The van der Waals surface area contributed by atoms with Crippen molar-refractivity contribution in [3.05, 3.63) is 71.9 Å². The predicted molar refractivity (Wildman–Crippen MR) is 115 cm³/mol. The van der Waals surface area contributed by atoms with Crippen LogP contribution in [0.15, 0.2) is 60.1 Å². The number of rotatable bonds is 7. The zero-order valence-electron chi connectivity index (χ0n) is 16.5. The summed E-state index contributed by atoms with van der Waals surface area (Å²) in [5.41, 5.74) is 3.30. The van der Waals surface area contributed by atoms with Crippen LogP contribution in [0.1, 0.15) is 11.1 Å². The quantitative estimate of drug-likeness (QED) is 0.359. The number of aromatic nitrogens is 4. The first-order valence-electron chi connectivity index (χ1n) is 9.24. The maximum absolute atomic E-state index is 13.5. The highest BCUT2D eigenvalue weighted by Gasteiger charge is 2.11. The standard InChI is InChI=1S/C21H20FN7O/c1-23-20-18(11-27-30-2)21(25-13-24-20)28-17-6-7-19-15(9-17)10-26-29(19)12-14-4-3-5-16(22)8-14/h3-11,13H,12H2,1-2H3,(H2,23,24,25,28)/b27-11+. The molecule has 2 heterocycles. The summed E-state index contributed by atoms with van der Waals surface area (Å²) in [7, 11) is 3.25. The van der Waals surface area contributed by atoms with Gasteiger partial charge in [-0.1, -0.05) is 17.3 Å². The lowest BCUT2D eigenvalue weighted by Gasteiger charge is -2.11. The number of oxime groups is 1. The minimum Gasteiger partial charge on any atom is -0.399 e. The lowest BCUT2D eigenvalue weighted by molar-refractivity contribution is 0.215. The predicted octanol–water partition coefficient (Wildman–Crippen LogP) is 3.78. The van der Waals surface area contributed by atoms with Crippen molar-refractivity contribution < 1.29 is 9.23 Å². The summed E-state index contributed by atoms with van der Waals surface area (Å²) in [5, 5.41) is 15.5. The molecule has 4 rings (SSSR count). The van der Waals surface area contributed by atoms with Crippen LogP contribution in [0.4, 0.5) is 21.7 Å². The van der Waals surface area contributed by atoms with Crippen LogP contribution < -0.4 is 10.6 Å². The van der Waals surface area contributed by atoms with Crippen molar-refractivity contribution in [1.29, 1.82) is 0 Å². The molecule has 2 N–H and O–H groups in total. The van der Waals surface area contributed by atoms with Crippen molar-refractivity contribution in [1.82, 2.24) is 19.7 Å². The Bertz CT molecular complexity index is 1210. The lowest BCUT2D eigenvalue weighted by Crippen LogP contribution is -2.05. The maximum Gasteiger partial charge on any atom is 0.144 e. The van der Waals surface area contributed by atoms with Gasteiger partial charge in [-0.15, -0.1) is 0 Å². The van der Waals surface area contributed by atoms with Crippen molar-refractivity contribution in [3.8, 4) is 0 Å². The molecule has 0 aliphatic heterocycles. The SMILES string of the molecule is CNc1ncnc(Nc2ccc3c(cnn3Cc3cccc(F)c3)c2)c1/C=N/OC. The van der Waals surface area contributed by atoms with Gasteiger partial charge in [0.05, 0.1) is 30.0 Å². The Balaban J connectivity index is 1.62. The Hall–Kier alpha value is -4.01. The highest BCUT2D eigenvalue weighted by molar-refractivity contribution is 5.93. The fourth-order valence-corrected chi connectivity index (χ4v) is 3.16. The van der Waals surface area contributed by atoms with Crippen LogP contribution in [0.2, 0.25) is 0 Å². The Labute approximate surface area is 172 Å². The number of hydrogen-bond acceptors (Lipinski definition) is 7. The van der Waals surface area contributed by atoms with Gasteiger partial charge in [0.25, 0.3) is 0 Å². The van der Waals surface area contributed by atoms with E-state index in [1.807, 2.05) is 28.9 Å². The number of nitrogens with zero attached hydrogens (tertiary/aromatic N) is 5. The first-order chi connectivity index (χ1) is 14.7. The van der Waals surface area contributed by atoms with Crippen LogP contribution in [-0.2, 0) is 11.4 Å². The number of hydrogen-bond donors (Lipinski definition) is 2. The van der Waals surface area contributed by atoms with Gasteiger partial charge in [-0.25, -0.2) is 14.4 Å². The minimum absolute atomic E-state index is 0.256. The van der Waals surface area contributed by atoms with Gasteiger partial charge < -0.3 is 15.5 Å². The second-order valence-electron chi connectivity index (χ2n) is 6.48.